The van der Waals surface area contributed by atoms with E-state index in [0.29, 0.717) is 29.5 Å². The highest BCUT2D eigenvalue weighted by Crippen LogP contribution is 2.24. The average molecular weight is 370 g/mol. The third-order valence-electron chi connectivity index (χ3n) is 3.66. The molecule has 0 unspecified atom stereocenters. The summed E-state index contributed by atoms with van der Waals surface area (Å²) < 4.78 is 11.1. The molecule has 2 aromatic carbocycles. The lowest BCUT2D eigenvalue weighted by atomic mass is 10.2. The van der Waals surface area contributed by atoms with E-state index >= 15 is 0 Å². The Kier molecular flexibility index (Phi) is 7.23. The zero-order valence-corrected chi connectivity index (χ0v) is 16.2. The number of hydrogen-bond acceptors (Lipinski definition) is 4. The fraction of sp³-hybridized carbons (Fsp3) is 0.333. The summed E-state index contributed by atoms with van der Waals surface area (Å²) in [6.07, 6.45) is 0.0657. The summed E-state index contributed by atoms with van der Waals surface area (Å²) in [6.45, 7) is 7.60. The molecule has 0 fully saturated rings. The van der Waals surface area contributed by atoms with E-state index in [2.05, 4.69) is 5.32 Å². The second-order valence-electron chi connectivity index (χ2n) is 6.24. The van der Waals surface area contributed by atoms with Crippen molar-refractivity contribution in [2.45, 2.75) is 33.8 Å². The number of hydrogen-bond donors (Lipinski definition) is 1. The van der Waals surface area contributed by atoms with Gasteiger partial charge in [0.15, 0.2) is 0 Å². The first kappa shape index (κ1) is 20.3. The van der Waals surface area contributed by atoms with Gasteiger partial charge in [-0.15, -0.1) is 0 Å². The molecule has 0 saturated heterocycles. The van der Waals surface area contributed by atoms with E-state index in [1.807, 2.05) is 32.9 Å². The number of para-hydroxylation sites is 2. The molecular weight excluding hydrogens is 344 g/mol. The second-order valence-corrected chi connectivity index (χ2v) is 6.24. The van der Waals surface area contributed by atoms with Crippen LogP contribution in [0.25, 0.3) is 0 Å². The predicted octanol–water partition coefficient (Wildman–Crippen LogP) is 3.86. The molecule has 0 heterocycles. The molecule has 0 aromatic heterocycles. The molecule has 0 radical (unpaired) electrons. The summed E-state index contributed by atoms with van der Waals surface area (Å²) in [5, 5.41) is 2.81. The van der Waals surface area contributed by atoms with E-state index in [1.165, 1.54) is 11.8 Å². The monoisotopic (exact) mass is 370 g/mol. The number of rotatable bonds is 8. The first-order valence-electron chi connectivity index (χ1n) is 8.97. The fourth-order valence-corrected chi connectivity index (χ4v) is 2.55. The minimum atomic E-state index is -0.306. The van der Waals surface area contributed by atoms with Gasteiger partial charge in [0.25, 0.3) is 0 Å². The summed E-state index contributed by atoms with van der Waals surface area (Å²) in [7, 11) is 0. The summed E-state index contributed by atoms with van der Waals surface area (Å²) >= 11 is 0. The number of carbonyl (C=O) groups is 2. The normalized spacial score (nSPS) is 10.4. The maximum absolute atomic E-state index is 12.5. The Hall–Kier alpha value is -3.02. The lowest BCUT2D eigenvalue weighted by Crippen LogP contribution is -2.36. The molecule has 0 aliphatic heterocycles. The van der Waals surface area contributed by atoms with Crippen LogP contribution in [-0.4, -0.2) is 31.1 Å². The highest BCUT2D eigenvalue weighted by molar-refractivity contribution is 6.02. The van der Waals surface area contributed by atoms with Crippen molar-refractivity contribution in [1.82, 2.24) is 0 Å². The van der Waals surface area contributed by atoms with E-state index in [4.69, 9.17) is 9.47 Å². The van der Waals surface area contributed by atoms with Gasteiger partial charge in [-0.25, -0.2) is 0 Å². The van der Waals surface area contributed by atoms with Crippen molar-refractivity contribution < 1.29 is 19.1 Å². The Morgan fingerprint density at radius 2 is 1.74 bits per heavy atom. The molecule has 0 aliphatic rings. The van der Waals surface area contributed by atoms with Crippen molar-refractivity contribution in [2.24, 2.45) is 0 Å². The minimum absolute atomic E-state index is 0.0657. The largest absolute Gasteiger partial charge is 0.492 e. The molecule has 0 atom stereocenters. The van der Waals surface area contributed by atoms with Gasteiger partial charge in [0.2, 0.25) is 11.8 Å². The lowest BCUT2D eigenvalue weighted by molar-refractivity contribution is -0.120. The van der Waals surface area contributed by atoms with Crippen LogP contribution in [-0.2, 0) is 9.59 Å². The van der Waals surface area contributed by atoms with Crippen molar-refractivity contribution in [1.29, 1.82) is 0 Å². The second kappa shape index (κ2) is 9.62. The highest BCUT2D eigenvalue weighted by atomic mass is 16.5. The average Bonchev–Trinajstić information content (AvgIpc) is 2.62. The molecule has 2 amide bonds. The quantitative estimate of drug-likeness (QED) is 0.766. The van der Waals surface area contributed by atoms with Crippen LogP contribution in [0.1, 0.15) is 27.7 Å². The number of ether oxygens (including phenoxy) is 2. The van der Waals surface area contributed by atoms with Crippen molar-refractivity contribution in [3.8, 4) is 11.5 Å². The maximum atomic E-state index is 12.5. The molecule has 0 spiro atoms. The van der Waals surface area contributed by atoms with Gasteiger partial charge in [0.1, 0.15) is 18.0 Å². The summed E-state index contributed by atoms with van der Waals surface area (Å²) in [5.41, 5.74) is 1.21. The zero-order chi connectivity index (χ0) is 19.8. The van der Waals surface area contributed by atoms with Crippen LogP contribution in [0.5, 0.6) is 11.5 Å². The van der Waals surface area contributed by atoms with Crippen molar-refractivity contribution in [2.75, 3.05) is 23.4 Å². The van der Waals surface area contributed by atoms with Crippen LogP contribution in [0, 0.1) is 0 Å². The summed E-state index contributed by atoms with van der Waals surface area (Å²) in [5.74, 6) is 0.783. The van der Waals surface area contributed by atoms with Crippen LogP contribution < -0.4 is 19.7 Å². The molecule has 2 aromatic rings. The molecule has 144 valence electrons. The molecule has 6 nitrogen and oxygen atoms in total. The SMILES string of the molecule is CCOc1ccccc1NC(=O)CN(C(C)=O)c1ccc(OC(C)C)cc1. The van der Waals surface area contributed by atoms with Crippen molar-refractivity contribution in [3.63, 3.8) is 0 Å². The Balaban J connectivity index is 2.10. The molecular formula is C21H26N2O4. The molecule has 0 aliphatic carbocycles. The Bertz CT molecular complexity index is 772. The van der Waals surface area contributed by atoms with E-state index in [9.17, 15) is 9.59 Å². The minimum Gasteiger partial charge on any atom is -0.492 e. The zero-order valence-electron chi connectivity index (χ0n) is 16.2. The van der Waals surface area contributed by atoms with Gasteiger partial charge in [0.05, 0.1) is 18.4 Å². The molecule has 6 heteroatoms. The van der Waals surface area contributed by atoms with E-state index in [1.54, 1.807) is 36.4 Å². The number of carbonyl (C=O) groups excluding carboxylic acids is 2. The molecule has 0 saturated carbocycles. The fourth-order valence-electron chi connectivity index (χ4n) is 2.55. The first-order chi connectivity index (χ1) is 12.9. The van der Waals surface area contributed by atoms with Gasteiger partial charge in [-0.3, -0.25) is 9.59 Å². The topological polar surface area (TPSA) is 67.9 Å². The lowest BCUT2D eigenvalue weighted by Gasteiger charge is -2.21. The third-order valence-corrected chi connectivity index (χ3v) is 3.66. The van der Waals surface area contributed by atoms with Crippen molar-refractivity contribution >= 4 is 23.2 Å². The predicted molar refractivity (Wildman–Crippen MR) is 106 cm³/mol. The molecule has 1 N–H and O–H groups in total. The van der Waals surface area contributed by atoms with Gasteiger partial charge in [-0.05, 0) is 57.2 Å². The standard InChI is InChI=1S/C21H26N2O4/c1-5-26-20-9-7-6-8-19(20)22-21(25)14-23(16(4)24)17-10-12-18(13-11-17)27-15(2)3/h6-13,15H,5,14H2,1-4H3,(H,22,25). The van der Waals surface area contributed by atoms with Crippen LogP contribution in [0.15, 0.2) is 48.5 Å². The van der Waals surface area contributed by atoms with E-state index in [0.717, 1.165) is 0 Å². The smallest absolute Gasteiger partial charge is 0.244 e. The van der Waals surface area contributed by atoms with Gasteiger partial charge in [-0.1, -0.05) is 12.1 Å². The van der Waals surface area contributed by atoms with E-state index < -0.39 is 0 Å². The van der Waals surface area contributed by atoms with E-state index in [-0.39, 0.29) is 24.5 Å². The number of nitrogens with one attached hydrogen (secondary N) is 1. The van der Waals surface area contributed by atoms with Crippen molar-refractivity contribution in [3.05, 3.63) is 48.5 Å². The first-order valence-corrected chi connectivity index (χ1v) is 8.97. The number of nitrogens with zero attached hydrogens (tertiary/aromatic N) is 1. The van der Waals surface area contributed by atoms with Gasteiger partial charge in [-0.2, -0.15) is 0 Å². The maximum Gasteiger partial charge on any atom is 0.244 e. The highest BCUT2D eigenvalue weighted by Gasteiger charge is 2.17. The number of benzene rings is 2. The number of amides is 2. The molecule has 2 rings (SSSR count). The molecule has 27 heavy (non-hydrogen) atoms. The van der Waals surface area contributed by atoms with Gasteiger partial charge in [0, 0.05) is 12.6 Å². The van der Waals surface area contributed by atoms with Crippen LogP contribution in [0.4, 0.5) is 11.4 Å². The van der Waals surface area contributed by atoms with Gasteiger partial charge >= 0.3 is 0 Å². The Labute approximate surface area is 160 Å². The van der Waals surface area contributed by atoms with Gasteiger partial charge < -0.3 is 19.7 Å². The van der Waals surface area contributed by atoms with Crippen LogP contribution >= 0.6 is 0 Å². The Morgan fingerprint density at radius 1 is 1.07 bits per heavy atom. The third kappa shape index (κ3) is 6.02. The van der Waals surface area contributed by atoms with Crippen LogP contribution in [0.3, 0.4) is 0 Å². The number of anilines is 2. The summed E-state index contributed by atoms with van der Waals surface area (Å²) in [4.78, 5) is 26.0. The Morgan fingerprint density at radius 3 is 2.33 bits per heavy atom. The van der Waals surface area contributed by atoms with Crippen LogP contribution in [0.2, 0.25) is 0 Å². The molecule has 0 bridgehead atoms. The summed E-state index contributed by atoms with van der Waals surface area (Å²) in [6, 6.07) is 14.3.